The molecule has 0 atom stereocenters. The fourth-order valence-electron chi connectivity index (χ4n) is 3.12. The van der Waals surface area contributed by atoms with Gasteiger partial charge in [0, 0.05) is 11.6 Å². The van der Waals surface area contributed by atoms with Crippen molar-refractivity contribution in [1.82, 2.24) is 4.57 Å². The molecule has 4 aromatic rings. The Morgan fingerprint density at radius 1 is 0.929 bits per heavy atom. The van der Waals surface area contributed by atoms with Crippen LogP contribution in [0.3, 0.4) is 0 Å². The number of aromatic nitrogens is 2. The number of ether oxygens (including phenoxy) is 1. The predicted octanol–water partition coefficient (Wildman–Crippen LogP) is 1.91. The lowest BCUT2D eigenvalue weighted by molar-refractivity contribution is -0.510. The summed E-state index contributed by atoms with van der Waals surface area (Å²) in [4.78, 5) is 0. The smallest absolute Gasteiger partial charge is 0.416 e. The highest BCUT2D eigenvalue weighted by molar-refractivity contribution is 5.66. The summed E-state index contributed by atoms with van der Waals surface area (Å²) >= 11 is 0. The van der Waals surface area contributed by atoms with Crippen molar-refractivity contribution in [3.63, 3.8) is 0 Å². The van der Waals surface area contributed by atoms with Crippen LogP contribution in [0.5, 0.6) is 5.75 Å². The molecule has 144 valence electrons. The molecule has 0 N–H and O–H groups in total. The highest BCUT2D eigenvalue weighted by Crippen LogP contribution is 2.32. The van der Waals surface area contributed by atoms with E-state index in [0.29, 0.717) is 11.4 Å². The van der Waals surface area contributed by atoms with Crippen molar-refractivity contribution in [3.8, 4) is 22.7 Å². The van der Waals surface area contributed by atoms with Gasteiger partial charge in [0.05, 0.1) is 18.9 Å². The molecule has 0 aliphatic rings. The van der Waals surface area contributed by atoms with Crippen LogP contribution in [0.2, 0.25) is 0 Å². The number of hydrogen-bond acceptors (Lipinski definition) is 1. The van der Waals surface area contributed by atoms with Gasteiger partial charge in [0.15, 0.2) is 5.69 Å². The molecule has 0 fully saturated rings. The first-order valence-corrected chi connectivity index (χ1v) is 8.31. The van der Waals surface area contributed by atoms with Crippen LogP contribution in [0.1, 0.15) is 5.56 Å². The summed E-state index contributed by atoms with van der Waals surface area (Å²) in [6.07, 6.45) is -0.629. The summed E-state index contributed by atoms with van der Waals surface area (Å²) < 4.78 is 48.5. The molecular weight excluding hydrogens is 433 g/mol. The van der Waals surface area contributed by atoms with Crippen molar-refractivity contribution in [3.05, 3.63) is 84.7 Å². The van der Waals surface area contributed by atoms with E-state index in [-0.39, 0.29) is 17.0 Å². The minimum absolute atomic E-state index is 0. The molecule has 3 nitrogen and oxygen atoms in total. The normalized spacial score (nSPS) is 11.3. The topological polar surface area (TPSA) is 18.3 Å². The Kier molecular flexibility index (Phi) is 5.47. The first kappa shape index (κ1) is 19.9. The SMILES string of the molecule is COc1ccc(-c2c[n+]3ccccc3n2-c2cccc(C(F)(F)F)c2)cc1.[Br-]. The summed E-state index contributed by atoms with van der Waals surface area (Å²) in [5.74, 6) is 0.716. The number of pyridine rings is 1. The van der Waals surface area contributed by atoms with E-state index in [1.54, 1.807) is 13.2 Å². The highest BCUT2D eigenvalue weighted by atomic mass is 79.9. The van der Waals surface area contributed by atoms with Gasteiger partial charge in [0.25, 0.3) is 5.65 Å². The number of nitrogens with zero attached hydrogens (tertiary/aromatic N) is 2. The maximum atomic E-state index is 13.2. The zero-order valence-corrected chi connectivity index (χ0v) is 16.4. The lowest BCUT2D eigenvalue weighted by Crippen LogP contribution is -3.00. The van der Waals surface area contributed by atoms with Crippen molar-refractivity contribution in [2.75, 3.05) is 7.11 Å². The molecule has 0 spiro atoms. The summed E-state index contributed by atoms with van der Waals surface area (Å²) in [7, 11) is 1.59. The molecule has 7 heteroatoms. The van der Waals surface area contributed by atoms with E-state index in [2.05, 4.69) is 0 Å². The van der Waals surface area contributed by atoms with Gasteiger partial charge in [-0.05, 0) is 48.5 Å². The van der Waals surface area contributed by atoms with Crippen LogP contribution in [0.15, 0.2) is 79.1 Å². The first-order chi connectivity index (χ1) is 13.0. The van der Waals surface area contributed by atoms with Gasteiger partial charge in [-0.25, -0.2) is 4.40 Å². The minimum atomic E-state index is -4.40. The Hall–Kier alpha value is -2.80. The second-order valence-electron chi connectivity index (χ2n) is 6.09. The first-order valence-electron chi connectivity index (χ1n) is 8.31. The summed E-state index contributed by atoms with van der Waals surface area (Å²) in [5, 5.41) is 0. The van der Waals surface area contributed by atoms with E-state index in [1.165, 1.54) is 12.1 Å². The number of fused-ring (bicyclic) bond motifs is 1. The molecule has 0 saturated carbocycles. The molecule has 4 rings (SSSR count). The fourth-order valence-corrected chi connectivity index (χ4v) is 3.12. The number of halogens is 4. The summed E-state index contributed by atoms with van der Waals surface area (Å²) in [5.41, 5.74) is 2.19. The van der Waals surface area contributed by atoms with Gasteiger partial charge in [0.1, 0.15) is 17.6 Å². The number of alkyl halides is 3. The van der Waals surface area contributed by atoms with Crippen molar-refractivity contribution >= 4 is 5.65 Å². The maximum Gasteiger partial charge on any atom is 0.416 e. The van der Waals surface area contributed by atoms with Crippen molar-refractivity contribution in [1.29, 1.82) is 0 Å². The highest BCUT2D eigenvalue weighted by Gasteiger charge is 2.32. The van der Waals surface area contributed by atoms with E-state index in [0.717, 1.165) is 23.0 Å². The summed E-state index contributed by atoms with van der Waals surface area (Å²) in [6.45, 7) is 0. The molecule has 0 aliphatic carbocycles. The maximum absolute atomic E-state index is 13.2. The van der Waals surface area contributed by atoms with Crippen LogP contribution in [0.4, 0.5) is 13.2 Å². The Balaban J connectivity index is 0.00000225. The zero-order valence-electron chi connectivity index (χ0n) is 14.8. The van der Waals surface area contributed by atoms with Crippen LogP contribution in [-0.2, 0) is 6.18 Å². The second kappa shape index (κ2) is 7.67. The lowest BCUT2D eigenvalue weighted by atomic mass is 10.1. The quantitative estimate of drug-likeness (QED) is 0.438. The van der Waals surface area contributed by atoms with Crippen LogP contribution >= 0.6 is 0 Å². The van der Waals surface area contributed by atoms with Crippen molar-refractivity contribution in [2.24, 2.45) is 0 Å². The monoisotopic (exact) mass is 448 g/mol. The van der Waals surface area contributed by atoms with Gasteiger partial charge in [-0.2, -0.15) is 17.7 Å². The Labute approximate surface area is 170 Å². The molecule has 28 heavy (non-hydrogen) atoms. The van der Waals surface area contributed by atoms with Crippen LogP contribution in [0, 0.1) is 0 Å². The molecule has 2 aromatic heterocycles. The van der Waals surface area contributed by atoms with Gasteiger partial charge in [-0.3, -0.25) is 0 Å². The molecule has 2 aromatic carbocycles. The number of methoxy groups -OCH3 is 1. The fraction of sp³-hybridized carbons (Fsp3) is 0.0952. The van der Waals surface area contributed by atoms with E-state index in [1.807, 2.05) is 63.8 Å². The summed E-state index contributed by atoms with van der Waals surface area (Å²) in [6, 6.07) is 18.4. The molecule has 0 radical (unpaired) electrons. The van der Waals surface area contributed by atoms with Crippen LogP contribution < -0.4 is 26.1 Å². The Morgan fingerprint density at radius 2 is 1.68 bits per heavy atom. The van der Waals surface area contributed by atoms with Gasteiger partial charge >= 0.3 is 6.18 Å². The number of benzene rings is 2. The van der Waals surface area contributed by atoms with Crippen molar-refractivity contribution in [2.45, 2.75) is 6.18 Å². The molecule has 0 amide bonds. The van der Waals surface area contributed by atoms with Crippen LogP contribution in [0.25, 0.3) is 22.6 Å². The third kappa shape index (κ3) is 3.62. The molecule has 2 heterocycles. The van der Waals surface area contributed by atoms with Crippen LogP contribution in [-0.4, -0.2) is 11.7 Å². The molecule has 0 saturated heterocycles. The van der Waals surface area contributed by atoms with E-state index in [4.69, 9.17) is 4.74 Å². The molecule has 0 aliphatic heterocycles. The van der Waals surface area contributed by atoms with E-state index >= 15 is 0 Å². The molecular formula is C21H16BrF3N2O. The third-order valence-corrected chi connectivity index (χ3v) is 4.42. The predicted molar refractivity (Wildman–Crippen MR) is 95.9 cm³/mol. The van der Waals surface area contributed by atoms with E-state index < -0.39 is 11.7 Å². The Morgan fingerprint density at radius 3 is 2.36 bits per heavy atom. The Bertz CT molecular complexity index is 1100. The van der Waals surface area contributed by atoms with Gasteiger partial charge in [0.2, 0.25) is 0 Å². The number of imidazole rings is 1. The molecule has 0 bridgehead atoms. The minimum Gasteiger partial charge on any atom is -1.00 e. The number of rotatable bonds is 3. The number of hydrogen-bond donors (Lipinski definition) is 0. The van der Waals surface area contributed by atoms with Gasteiger partial charge < -0.3 is 21.7 Å². The van der Waals surface area contributed by atoms with Crippen molar-refractivity contribution < 1.29 is 39.3 Å². The lowest BCUT2D eigenvalue weighted by Gasteiger charge is -2.08. The van der Waals surface area contributed by atoms with E-state index in [9.17, 15) is 13.2 Å². The molecule has 0 unspecified atom stereocenters. The second-order valence-corrected chi connectivity index (χ2v) is 6.09. The largest absolute Gasteiger partial charge is 1.00 e. The third-order valence-electron chi connectivity index (χ3n) is 4.42. The average molecular weight is 449 g/mol. The zero-order chi connectivity index (χ0) is 19.0. The van der Waals surface area contributed by atoms with Gasteiger partial charge in [-0.1, -0.05) is 12.1 Å². The average Bonchev–Trinajstić information content (AvgIpc) is 3.07. The van der Waals surface area contributed by atoms with Gasteiger partial charge in [-0.15, -0.1) is 0 Å². The standard InChI is InChI=1S/C21H16F3N2O.BrH/c1-27-18-10-8-15(9-11-18)19-14-25-12-3-2-7-20(25)26(19)17-6-4-5-16(13-17)21(22,23)24;/h2-14H,1H3;1H/q+1;/p-1.